The van der Waals surface area contributed by atoms with E-state index in [0.717, 1.165) is 52.6 Å². The minimum Gasteiger partial charge on any atom is -0.486 e. The van der Waals surface area contributed by atoms with Crippen LogP contribution in [0.5, 0.6) is 11.5 Å². The number of rotatable bonds is 5. The van der Waals surface area contributed by atoms with Crippen LogP contribution >= 0.6 is 11.6 Å². The van der Waals surface area contributed by atoms with Crippen LogP contribution in [-0.2, 0) is 6.42 Å². The lowest BCUT2D eigenvalue weighted by atomic mass is 10.00. The van der Waals surface area contributed by atoms with Crippen molar-refractivity contribution in [3.8, 4) is 22.8 Å². The number of hydrogen-bond acceptors (Lipinski definition) is 3. The van der Waals surface area contributed by atoms with Gasteiger partial charge in [0.1, 0.15) is 13.2 Å². The number of unbranched alkanes of at least 4 members (excludes halogenated alkanes) is 1. The first kappa shape index (κ1) is 16.3. The molecule has 4 nitrogen and oxygen atoms in total. The van der Waals surface area contributed by atoms with Crippen molar-refractivity contribution in [3.05, 3.63) is 47.0 Å². The number of halogens is 1. The Morgan fingerprint density at radius 3 is 2.72 bits per heavy atom. The average molecular weight is 357 g/mol. The molecule has 1 aliphatic rings. The third-order valence-corrected chi connectivity index (χ3v) is 4.92. The van der Waals surface area contributed by atoms with Crippen LogP contribution in [0, 0.1) is 0 Å². The quantitative estimate of drug-likeness (QED) is 0.660. The first-order valence-electron chi connectivity index (χ1n) is 8.67. The molecule has 0 fully saturated rings. The van der Waals surface area contributed by atoms with Gasteiger partial charge in [0.15, 0.2) is 11.5 Å². The molecule has 0 radical (unpaired) electrons. The summed E-state index contributed by atoms with van der Waals surface area (Å²) < 4.78 is 11.4. The number of benzene rings is 2. The molecule has 0 saturated heterocycles. The summed E-state index contributed by atoms with van der Waals surface area (Å²) in [6.45, 7) is 1.89. The third-order valence-electron chi connectivity index (χ3n) is 4.60. The highest BCUT2D eigenvalue weighted by Crippen LogP contribution is 2.39. The van der Waals surface area contributed by atoms with Gasteiger partial charge in [0.25, 0.3) is 0 Å². The predicted octanol–water partition coefficient (Wildman–Crippen LogP) is 4.54. The fraction of sp³-hybridized carbons (Fsp3) is 0.300. The highest BCUT2D eigenvalue weighted by molar-refractivity contribution is 6.35. The van der Waals surface area contributed by atoms with Gasteiger partial charge in [0.05, 0.1) is 10.5 Å². The monoisotopic (exact) mass is 356 g/mol. The Kier molecular flexibility index (Phi) is 4.55. The molecule has 0 bridgehead atoms. The Balaban J connectivity index is 1.82. The number of aromatic amines is 1. The van der Waals surface area contributed by atoms with Gasteiger partial charge in [-0.3, -0.25) is 0 Å². The van der Waals surface area contributed by atoms with Gasteiger partial charge in [-0.25, -0.2) is 0 Å². The zero-order valence-electron chi connectivity index (χ0n) is 14.0. The van der Waals surface area contributed by atoms with Gasteiger partial charge >= 0.3 is 0 Å². The molecule has 0 aliphatic carbocycles. The summed E-state index contributed by atoms with van der Waals surface area (Å²) in [5.74, 6) is 1.59. The zero-order chi connectivity index (χ0) is 17.2. The van der Waals surface area contributed by atoms with Gasteiger partial charge < -0.3 is 20.2 Å². The van der Waals surface area contributed by atoms with Crippen LogP contribution in [0.2, 0.25) is 5.02 Å². The smallest absolute Gasteiger partial charge is 0.162 e. The van der Waals surface area contributed by atoms with E-state index in [-0.39, 0.29) is 0 Å². The highest BCUT2D eigenvalue weighted by Gasteiger charge is 2.18. The number of H-pyrrole nitrogens is 1. The predicted molar refractivity (Wildman–Crippen MR) is 102 cm³/mol. The second-order valence-corrected chi connectivity index (χ2v) is 6.65. The molecule has 0 unspecified atom stereocenters. The first-order valence-corrected chi connectivity index (χ1v) is 9.05. The maximum atomic E-state index is 6.41. The van der Waals surface area contributed by atoms with Crippen molar-refractivity contribution < 1.29 is 9.47 Å². The van der Waals surface area contributed by atoms with Crippen LogP contribution in [0.4, 0.5) is 0 Å². The van der Waals surface area contributed by atoms with Gasteiger partial charge in [0.2, 0.25) is 0 Å². The summed E-state index contributed by atoms with van der Waals surface area (Å²) in [6, 6.07) is 12.1. The van der Waals surface area contributed by atoms with Crippen LogP contribution in [0.1, 0.15) is 18.4 Å². The molecule has 1 aromatic heterocycles. The second kappa shape index (κ2) is 6.98. The molecule has 4 rings (SSSR count). The average Bonchev–Trinajstić information content (AvgIpc) is 3.02. The molecule has 1 aliphatic heterocycles. The molecule has 3 N–H and O–H groups in total. The van der Waals surface area contributed by atoms with Crippen molar-refractivity contribution in [2.45, 2.75) is 19.3 Å². The zero-order valence-corrected chi connectivity index (χ0v) is 14.7. The first-order chi connectivity index (χ1) is 12.3. The summed E-state index contributed by atoms with van der Waals surface area (Å²) in [4.78, 5) is 3.52. The number of aromatic nitrogens is 1. The maximum Gasteiger partial charge on any atom is 0.162 e. The molecule has 0 amide bonds. The van der Waals surface area contributed by atoms with Crippen molar-refractivity contribution in [1.29, 1.82) is 0 Å². The maximum absolute atomic E-state index is 6.41. The fourth-order valence-corrected chi connectivity index (χ4v) is 3.61. The van der Waals surface area contributed by atoms with Crippen molar-refractivity contribution in [2.24, 2.45) is 5.73 Å². The largest absolute Gasteiger partial charge is 0.486 e. The highest BCUT2D eigenvalue weighted by atomic mass is 35.5. The number of aryl methyl sites for hydroxylation is 1. The number of hydrogen-bond donors (Lipinski definition) is 2. The Hall–Kier alpha value is -2.17. The number of fused-ring (bicyclic) bond motifs is 2. The van der Waals surface area contributed by atoms with E-state index in [0.29, 0.717) is 19.8 Å². The lowest BCUT2D eigenvalue weighted by molar-refractivity contribution is 0.171. The van der Waals surface area contributed by atoms with E-state index in [2.05, 4.69) is 17.1 Å². The van der Waals surface area contributed by atoms with Gasteiger partial charge in [-0.15, -0.1) is 0 Å². The van der Waals surface area contributed by atoms with Crippen LogP contribution < -0.4 is 15.2 Å². The normalized spacial score (nSPS) is 13.4. The summed E-state index contributed by atoms with van der Waals surface area (Å²) >= 11 is 6.41. The van der Waals surface area contributed by atoms with Crippen molar-refractivity contribution in [1.82, 2.24) is 4.98 Å². The molecule has 2 aromatic carbocycles. The van der Waals surface area contributed by atoms with Crippen LogP contribution in [0.25, 0.3) is 22.2 Å². The summed E-state index contributed by atoms with van der Waals surface area (Å²) in [6.07, 6.45) is 3.02. The van der Waals surface area contributed by atoms with E-state index in [9.17, 15) is 0 Å². The molecule has 0 saturated carbocycles. The standard InChI is InChI=1S/C20H21ClN2O2/c21-16-6-3-5-15-14(4-1-2-9-22)19(23-20(15)16)13-7-8-17-18(12-13)25-11-10-24-17/h3,5-8,12,23H,1-2,4,9-11,22H2. The molecule has 0 spiro atoms. The molecule has 2 heterocycles. The van der Waals surface area contributed by atoms with Crippen molar-refractivity contribution in [2.75, 3.05) is 19.8 Å². The van der Waals surface area contributed by atoms with E-state index in [1.54, 1.807) is 0 Å². The minimum atomic E-state index is 0.582. The second-order valence-electron chi connectivity index (χ2n) is 6.25. The summed E-state index contributed by atoms with van der Waals surface area (Å²) in [5, 5.41) is 1.91. The molecule has 0 atom stereocenters. The van der Waals surface area contributed by atoms with E-state index in [1.165, 1.54) is 10.9 Å². The lowest BCUT2D eigenvalue weighted by Crippen LogP contribution is -2.15. The fourth-order valence-electron chi connectivity index (χ4n) is 3.39. The Labute approximate surface area is 151 Å². The molecule has 5 heteroatoms. The summed E-state index contributed by atoms with van der Waals surface area (Å²) in [5.41, 5.74) is 10.1. The molecular formula is C20H21ClN2O2. The number of nitrogens with two attached hydrogens (primary N) is 1. The van der Waals surface area contributed by atoms with E-state index in [4.69, 9.17) is 26.8 Å². The van der Waals surface area contributed by atoms with Crippen LogP contribution in [-0.4, -0.2) is 24.7 Å². The van der Waals surface area contributed by atoms with E-state index < -0.39 is 0 Å². The number of ether oxygens (including phenoxy) is 2. The Bertz CT molecular complexity index is 904. The Morgan fingerprint density at radius 1 is 1.04 bits per heavy atom. The topological polar surface area (TPSA) is 60.3 Å². The van der Waals surface area contributed by atoms with Gasteiger partial charge in [-0.05, 0) is 55.6 Å². The Morgan fingerprint density at radius 2 is 1.88 bits per heavy atom. The number of nitrogens with one attached hydrogen (secondary N) is 1. The molecular weight excluding hydrogens is 336 g/mol. The van der Waals surface area contributed by atoms with E-state index in [1.807, 2.05) is 24.3 Å². The molecule has 130 valence electrons. The van der Waals surface area contributed by atoms with Gasteiger partial charge in [-0.2, -0.15) is 0 Å². The van der Waals surface area contributed by atoms with Gasteiger partial charge in [0, 0.05) is 16.6 Å². The third kappa shape index (κ3) is 3.08. The van der Waals surface area contributed by atoms with Crippen molar-refractivity contribution in [3.63, 3.8) is 0 Å². The minimum absolute atomic E-state index is 0.582. The summed E-state index contributed by atoms with van der Waals surface area (Å²) in [7, 11) is 0. The number of para-hydroxylation sites is 1. The van der Waals surface area contributed by atoms with E-state index >= 15 is 0 Å². The molecule has 3 aromatic rings. The van der Waals surface area contributed by atoms with Crippen molar-refractivity contribution >= 4 is 22.5 Å². The lowest BCUT2D eigenvalue weighted by Gasteiger charge is -2.19. The van der Waals surface area contributed by atoms with Gasteiger partial charge in [-0.1, -0.05) is 23.7 Å². The van der Waals surface area contributed by atoms with Crippen LogP contribution in [0.3, 0.4) is 0 Å². The van der Waals surface area contributed by atoms with Crippen LogP contribution in [0.15, 0.2) is 36.4 Å². The molecule has 25 heavy (non-hydrogen) atoms. The SMILES string of the molecule is NCCCCc1c(-c2ccc3c(c2)OCCO3)[nH]c2c(Cl)cccc12.